The van der Waals surface area contributed by atoms with E-state index in [0.29, 0.717) is 6.54 Å². The third-order valence-electron chi connectivity index (χ3n) is 4.76. The summed E-state index contributed by atoms with van der Waals surface area (Å²) in [6, 6.07) is 8.48. The zero-order valence-electron chi connectivity index (χ0n) is 17.0. The van der Waals surface area contributed by atoms with Crippen LogP contribution in [0.1, 0.15) is 29.6 Å². The van der Waals surface area contributed by atoms with E-state index < -0.39 is 5.60 Å². The number of rotatable bonds is 8. The number of aliphatic imine (C=N–C) groups is 1. The van der Waals surface area contributed by atoms with Crippen LogP contribution in [0.15, 0.2) is 40.0 Å². The van der Waals surface area contributed by atoms with E-state index >= 15 is 0 Å². The number of guanidine groups is 1. The van der Waals surface area contributed by atoms with Crippen LogP contribution in [0.5, 0.6) is 0 Å². The predicted molar refractivity (Wildman–Crippen MR) is 133 cm³/mol. The maximum Gasteiger partial charge on any atom is 0.191 e. The molecule has 2 unspecified atom stereocenters. The van der Waals surface area contributed by atoms with Gasteiger partial charge in [0.25, 0.3) is 0 Å². The highest BCUT2D eigenvalue weighted by Crippen LogP contribution is 2.26. The van der Waals surface area contributed by atoms with E-state index in [4.69, 9.17) is 4.74 Å². The summed E-state index contributed by atoms with van der Waals surface area (Å²) in [5.74, 6) is 0.731. The lowest BCUT2D eigenvalue weighted by molar-refractivity contribution is 0.0177. The fourth-order valence-corrected chi connectivity index (χ4v) is 4.85. The zero-order chi connectivity index (χ0) is 19.8. The van der Waals surface area contributed by atoms with Crippen molar-refractivity contribution in [3.63, 3.8) is 0 Å². The summed E-state index contributed by atoms with van der Waals surface area (Å²) in [6.07, 6.45) is 0. The molecule has 2 aromatic heterocycles. The van der Waals surface area contributed by atoms with Crippen molar-refractivity contribution in [2.45, 2.75) is 25.5 Å². The molecule has 9 heteroatoms. The minimum absolute atomic E-state index is 0. The number of aliphatic hydroxyl groups is 1. The molecule has 3 N–H and O–H groups in total. The lowest BCUT2D eigenvalue weighted by atomic mass is 10.1. The van der Waals surface area contributed by atoms with Crippen molar-refractivity contribution in [3.8, 4) is 0 Å². The fraction of sp³-hybridized carbons (Fsp3) is 0.550. The van der Waals surface area contributed by atoms with Crippen LogP contribution < -0.4 is 10.6 Å². The van der Waals surface area contributed by atoms with Crippen LogP contribution in [-0.2, 0) is 10.3 Å². The fourth-order valence-electron chi connectivity index (χ4n) is 3.21. The molecular formula is C20H31IN4O2S2. The van der Waals surface area contributed by atoms with Gasteiger partial charge in [0, 0.05) is 35.9 Å². The van der Waals surface area contributed by atoms with Crippen molar-refractivity contribution >= 4 is 52.6 Å². The normalized spacial score (nSPS) is 18.5. The Hall–Kier alpha value is -0.720. The SMILES string of the molecule is CCNC(=NCC(C)(O)c1cccs1)NCC(c1cccs1)N1CCOCC1.I. The summed E-state index contributed by atoms with van der Waals surface area (Å²) in [7, 11) is 0. The van der Waals surface area contributed by atoms with Crippen LogP contribution in [0.4, 0.5) is 0 Å². The summed E-state index contributed by atoms with van der Waals surface area (Å²) in [5, 5.41) is 21.6. The number of ether oxygens (including phenoxy) is 1. The predicted octanol–water partition coefficient (Wildman–Crippen LogP) is 3.26. The summed E-state index contributed by atoms with van der Waals surface area (Å²) >= 11 is 3.34. The average molecular weight is 551 g/mol. The van der Waals surface area contributed by atoms with Crippen molar-refractivity contribution < 1.29 is 9.84 Å². The molecule has 0 bridgehead atoms. The second-order valence-electron chi connectivity index (χ2n) is 7.01. The molecule has 2 aromatic rings. The Balaban J connectivity index is 0.00000300. The maximum atomic E-state index is 10.8. The van der Waals surface area contributed by atoms with Gasteiger partial charge in [0.1, 0.15) is 5.60 Å². The Labute approximate surface area is 198 Å². The highest BCUT2D eigenvalue weighted by Gasteiger charge is 2.25. The van der Waals surface area contributed by atoms with E-state index in [0.717, 1.165) is 50.2 Å². The number of thiophene rings is 2. The highest BCUT2D eigenvalue weighted by atomic mass is 127. The molecule has 3 heterocycles. The van der Waals surface area contributed by atoms with Gasteiger partial charge in [-0.25, -0.2) is 4.99 Å². The molecule has 1 aliphatic heterocycles. The molecule has 0 saturated carbocycles. The standard InChI is InChI=1S/C20H30N4O2S2.HI/c1-3-21-19(23-15-20(2,25)18-7-5-13-28-18)22-14-16(17-6-4-12-27-17)24-8-10-26-11-9-24;/h4-7,12-13,16,25H,3,8-11,14-15H2,1-2H3,(H2,21,22,23);1H. The Bertz CT molecular complexity index is 717. The van der Waals surface area contributed by atoms with E-state index in [1.54, 1.807) is 22.7 Å². The van der Waals surface area contributed by atoms with Gasteiger partial charge in [-0.3, -0.25) is 4.90 Å². The van der Waals surface area contributed by atoms with Crippen LogP contribution in [0.2, 0.25) is 0 Å². The van der Waals surface area contributed by atoms with Gasteiger partial charge in [0.15, 0.2) is 5.96 Å². The molecule has 0 spiro atoms. The number of hydrogen-bond donors (Lipinski definition) is 3. The van der Waals surface area contributed by atoms with Crippen LogP contribution in [0, 0.1) is 0 Å². The minimum atomic E-state index is -0.964. The first-order valence-electron chi connectivity index (χ1n) is 9.74. The van der Waals surface area contributed by atoms with Crippen molar-refractivity contribution in [2.75, 3.05) is 45.9 Å². The number of nitrogens with one attached hydrogen (secondary N) is 2. The molecule has 1 fully saturated rings. The summed E-state index contributed by atoms with van der Waals surface area (Å²) in [5.41, 5.74) is -0.964. The van der Waals surface area contributed by atoms with Gasteiger partial charge in [-0.2, -0.15) is 0 Å². The lowest BCUT2D eigenvalue weighted by Crippen LogP contribution is -2.46. The lowest BCUT2D eigenvalue weighted by Gasteiger charge is -2.34. The molecule has 0 aromatic carbocycles. The molecule has 1 aliphatic rings. The Morgan fingerprint density at radius 3 is 2.59 bits per heavy atom. The number of hydrogen-bond acceptors (Lipinski definition) is 6. The Morgan fingerprint density at radius 1 is 1.24 bits per heavy atom. The quantitative estimate of drug-likeness (QED) is 0.268. The average Bonchev–Trinajstić information content (AvgIpc) is 3.41. The number of halogens is 1. The molecular weight excluding hydrogens is 519 g/mol. The van der Waals surface area contributed by atoms with Gasteiger partial charge in [-0.15, -0.1) is 46.7 Å². The van der Waals surface area contributed by atoms with Gasteiger partial charge >= 0.3 is 0 Å². The van der Waals surface area contributed by atoms with Gasteiger partial charge in [-0.1, -0.05) is 12.1 Å². The molecule has 1 saturated heterocycles. The summed E-state index contributed by atoms with van der Waals surface area (Å²) in [4.78, 5) is 9.39. The molecule has 0 radical (unpaired) electrons. The van der Waals surface area contributed by atoms with Crippen LogP contribution in [0.3, 0.4) is 0 Å². The van der Waals surface area contributed by atoms with E-state index in [9.17, 15) is 5.11 Å². The minimum Gasteiger partial charge on any atom is -0.383 e. The largest absolute Gasteiger partial charge is 0.383 e. The van der Waals surface area contributed by atoms with Gasteiger partial charge in [0.2, 0.25) is 0 Å². The third-order valence-corrected chi connectivity index (χ3v) is 6.86. The summed E-state index contributed by atoms with van der Waals surface area (Å²) < 4.78 is 5.52. The first-order valence-corrected chi connectivity index (χ1v) is 11.5. The van der Waals surface area contributed by atoms with Crippen LogP contribution >= 0.6 is 46.7 Å². The van der Waals surface area contributed by atoms with Crippen molar-refractivity contribution in [3.05, 3.63) is 44.8 Å². The second-order valence-corrected chi connectivity index (χ2v) is 8.93. The van der Waals surface area contributed by atoms with Gasteiger partial charge < -0.3 is 20.5 Å². The van der Waals surface area contributed by atoms with Gasteiger partial charge in [0.05, 0.1) is 25.8 Å². The summed E-state index contributed by atoms with van der Waals surface area (Å²) in [6.45, 7) is 9.13. The monoisotopic (exact) mass is 550 g/mol. The van der Waals surface area contributed by atoms with E-state index in [1.165, 1.54) is 4.88 Å². The Kier molecular flexibility index (Phi) is 10.3. The molecule has 3 rings (SSSR count). The highest BCUT2D eigenvalue weighted by molar-refractivity contribution is 14.0. The molecule has 2 atom stereocenters. The first kappa shape index (κ1) is 24.5. The van der Waals surface area contributed by atoms with Crippen molar-refractivity contribution in [1.82, 2.24) is 15.5 Å². The van der Waals surface area contributed by atoms with E-state index in [1.807, 2.05) is 31.4 Å². The van der Waals surface area contributed by atoms with Crippen LogP contribution in [-0.4, -0.2) is 61.9 Å². The molecule has 0 aliphatic carbocycles. The molecule has 29 heavy (non-hydrogen) atoms. The maximum absolute atomic E-state index is 10.8. The van der Waals surface area contributed by atoms with Crippen molar-refractivity contribution in [2.24, 2.45) is 4.99 Å². The van der Waals surface area contributed by atoms with Gasteiger partial charge in [-0.05, 0) is 36.7 Å². The van der Waals surface area contributed by atoms with E-state index in [-0.39, 0.29) is 30.0 Å². The van der Waals surface area contributed by atoms with Crippen LogP contribution in [0.25, 0.3) is 0 Å². The first-order chi connectivity index (χ1) is 13.6. The molecule has 0 amide bonds. The third kappa shape index (κ3) is 7.18. The van der Waals surface area contributed by atoms with E-state index in [2.05, 4.69) is 38.0 Å². The molecule has 162 valence electrons. The topological polar surface area (TPSA) is 69.1 Å². The molecule has 6 nitrogen and oxygen atoms in total. The zero-order valence-corrected chi connectivity index (χ0v) is 20.9. The number of morpholine rings is 1. The Morgan fingerprint density at radius 2 is 1.97 bits per heavy atom. The second kappa shape index (κ2) is 12.2. The van der Waals surface area contributed by atoms with Crippen molar-refractivity contribution in [1.29, 1.82) is 0 Å². The number of nitrogens with zero attached hydrogens (tertiary/aromatic N) is 2. The smallest absolute Gasteiger partial charge is 0.191 e.